The number of aromatic nitrogens is 1. The molecule has 0 bridgehead atoms. The lowest BCUT2D eigenvalue weighted by Gasteiger charge is -2.22. The molecule has 96 valence electrons. The number of rotatable bonds is 3. The van der Waals surface area contributed by atoms with Crippen LogP contribution in [0.15, 0.2) is 12.3 Å². The zero-order valence-electron chi connectivity index (χ0n) is 10.4. The molecule has 0 spiro atoms. The van der Waals surface area contributed by atoms with E-state index in [0.717, 1.165) is 12.0 Å². The Morgan fingerprint density at radius 3 is 2.94 bits per heavy atom. The minimum absolute atomic E-state index is 0.0307. The van der Waals surface area contributed by atoms with Gasteiger partial charge in [0.2, 0.25) is 5.88 Å². The van der Waals surface area contributed by atoms with Crippen LogP contribution in [0.4, 0.5) is 0 Å². The Bertz CT molecular complexity index is 484. The molecule has 0 radical (unpaired) electrons. The Labute approximate surface area is 105 Å². The van der Waals surface area contributed by atoms with E-state index < -0.39 is 0 Å². The lowest BCUT2D eigenvalue weighted by Crippen LogP contribution is -2.25. The van der Waals surface area contributed by atoms with Crippen molar-refractivity contribution < 1.29 is 19.1 Å². The first-order valence-electron chi connectivity index (χ1n) is 5.79. The number of hydrogen-bond donors (Lipinski definition) is 0. The first-order valence-corrected chi connectivity index (χ1v) is 5.79. The van der Waals surface area contributed by atoms with Crippen molar-refractivity contribution in [3.63, 3.8) is 0 Å². The lowest BCUT2D eigenvalue weighted by molar-refractivity contribution is -0.141. The van der Waals surface area contributed by atoms with Crippen molar-refractivity contribution in [1.29, 1.82) is 0 Å². The maximum atomic E-state index is 12.2. The first kappa shape index (κ1) is 12.5. The zero-order chi connectivity index (χ0) is 13.1. The second-order valence-electron chi connectivity index (χ2n) is 4.26. The van der Waals surface area contributed by atoms with Crippen molar-refractivity contribution in [2.24, 2.45) is 5.92 Å². The maximum Gasteiger partial charge on any atom is 0.306 e. The third-order valence-corrected chi connectivity index (χ3v) is 3.21. The average molecular weight is 249 g/mol. The zero-order valence-corrected chi connectivity index (χ0v) is 10.4. The monoisotopic (exact) mass is 249 g/mol. The molecule has 1 aliphatic rings. The van der Waals surface area contributed by atoms with Gasteiger partial charge in [-0.1, -0.05) is 0 Å². The molecule has 0 saturated heterocycles. The SMILES string of the molecule is COC(=O)CC1CCc2cc(OC)ncc2C1=O. The van der Waals surface area contributed by atoms with Crippen LogP contribution in [-0.4, -0.2) is 31.0 Å². The highest BCUT2D eigenvalue weighted by atomic mass is 16.5. The Balaban J connectivity index is 2.21. The van der Waals surface area contributed by atoms with Crippen LogP contribution in [0.2, 0.25) is 0 Å². The maximum absolute atomic E-state index is 12.2. The molecule has 5 nitrogen and oxygen atoms in total. The van der Waals surface area contributed by atoms with Crippen LogP contribution in [0.3, 0.4) is 0 Å². The van der Waals surface area contributed by atoms with Crippen LogP contribution in [-0.2, 0) is 16.0 Å². The standard InChI is InChI=1S/C13H15NO4/c1-17-11-5-8-3-4-9(6-12(15)18-2)13(16)10(8)7-14-11/h5,7,9H,3-4,6H2,1-2H3. The molecule has 18 heavy (non-hydrogen) atoms. The summed E-state index contributed by atoms with van der Waals surface area (Å²) in [5.74, 6) is -0.164. The van der Waals surface area contributed by atoms with E-state index in [2.05, 4.69) is 9.72 Å². The predicted molar refractivity (Wildman–Crippen MR) is 63.6 cm³/mol. The van der Waals surface area contributed by atoms with Gasteiger partial charge in [0, 0.05) is 23.7 Å². The van der Waals surface area contributed by atoms with Crippen LogP contribution < -0.4 is 4.74 Å². The van der Waals surface area contributed by atoms with E-state index in [-0.39, 0.29) is 24.1 Å². The van der Waals surface area contributed by atoms with Gasteiger partial charge in [0.05, 0.1) is 20.6 Å². The van der Waals surface area contributed by atoms with Gasteiger partial charge < -0.3 is 9.47 Å². The summed E-state index contributed by atoms with van der Waals surface area (Å²) < 4.78 is 9.63. The van der Waals surface area contributed by atoms with Crippen molar-refractivity contribution in [3.05, 3.63) is 23.4 Å². The second-order valence-corrected chi connectivity index (χ2v) is 4.26. The number of ketones is 1. The van der Waals surface area contributed by atoms with Crippen molar-refractivity contribution in [1.82, 2.24) is 4.98 Å². The Kier molecular flexibility index (Phi) is 3.60. The van der Waals surface area contributed by atoms with E-state index in [9.17, 15) is 9.59 Å². The predicted octanol–water partition coefficient (Wildman–Crippen LogP) is 1.40. The van der Waals surface area contributed by atoms with Crippen LogP contribution >= 0.6 is 0 Å². The molecular formula is C13H15NO4. The first-order chi connectivity index (χ1) is 8.65. The van der Waals surface area contributed by atoms with Crippen LogP contribution in [0.1, 0.15) is 28.8 Å². The number of esters is 1. The molecule has 0 aromatic carbocycles. The normalized spacial score (nSPS) is 18.1. The summed E-state index contributed by atoms with van der Waals surface area (Å²) in [6.07, 6.45) is 3.08. The molecule has 2 rings (SSSR count). The topological polar surface area (TPSA) is 65.5 Å². The summed E-state index contributed by atoms with van der Waals surface area (Å²) in [7, 11) is 2.87. The second kappa shape index (κ2) is 5.16. The van der Waals surface area contributed by atoms with Gasteiger partial charge in [0.1, 0.15) is 0 Å². The minimum Gasteiger partial charge on any atom is -0.481 e. The number of aryl methyl sites for hydroxylation is 1. The molecule has 5 heteroatoms. The van der Waals surface area contributed by atoms with E-state index in [1.807, 2.05) is 0 Å². The quantitative estimate of drug-likeness (QED) is 0.757. The molecule has 1 unspecified atom stereocenters. The Morgan fingerprint density at radius 1 is 1.50 bits per heavy atom. The van der Waals surface area contributed by atoms with Crippen LogP contribution in [0.25, 0.3) is 0 Å². The summed E-state index contributed by atoms with van der Waals surface area (Å²) in [5.41, 5.74) is 1.53. The van der Waals surface area contributed by atoms with E-state index in [4.69, 9.17) is 4.74 Å². The van der Waals surface area contributed by atoms with Gasteiger partial charge >= 0.3 is 5.97 Å². The number of pyridine rings is 1. The van der Waals surface area contributed by atoms with E-state index in [0.29, 0.717) is 17.9 Å². The molecule has 1 heterocycles. The molecule has 0 amide bonds. The third kappa shape index (κ3) is 2.34. The molecule has 1 atom stereocenters. The smallest absolute Gasteiger partial charge is 0.306 e. The van der Waals surface area contributed by atoms with Crippen molar-refractivity contribution in [3.8, 4) is 5.88 Å². The van der Waals surface area contributed by atoms with Gasteiger partial charge in [-0.05, 0) is 18.4 Å². The van der Waals surface area contributed by atoms with E-state index in [1.54, 1.807) is 13.2 Å². The van der Waals surface area contributed by atoms with Crippen molar-refractivity contribution in [2.75, 3.05) is 14.2 Å². The molecule has 0 aliphatic heterocycles. The molecule has 0 fully saturated rings. The summed E-state index contributed by atoms with van der Waals surface area (Å²) in [6, 6.07) is 1.78. The fourth-order valence-corrected chi connectivity index (χ4v) is 2.18. The summed E-state index contributed by atoms with van der Waals surface area (Å²) >= 11 is 0. The van der Waals surface area contributed by atoms with Crippen molar-refractivity contribution >= 4 is 11.8 Å². The fourth-order valence-electron chi connectivity index (χ4n) is 2.18. The van der Waals surface area contributed by atoms with Crippen molar-refractivity contribution in [2.45, 2.75) is 19.3 Å². The fraction of sp³-hybridized carbons (Fsp3) is 0.462. The number of carbonyl (C=O) groups excluding carboxylic acids is 2. The van der Waals surface area contributed by atoms with Gasteiger partial charge in [-0.2, -0.15) is 0 Å². The largest absolute Gasteiger partial charge is 0.481 e. The molecule has 0 saturated carbocycles. The summed E-state index contributed by atoms with van der Waals surface area (Å²) in [6.45, 7) is 0. The van der Waals surface area contributed by atoms with Crippen LogP contribution in [0, 0.1) is 5.92 Å². The highest BCUT2D eigenvalue weighted by Gasteiger charge is 2.30. The molecule has 1 aromatic heterocycles. The number of Topliss-reactive ketones (excluding diaryl/α,β-unsaturated/α-hetero) is 1. The number of hydrogen-bond acceptors (Lipinski definition) is 5. The van der Waals surface area contributed by atoms with Gasteiger partial charge in [0.25, 0.3) is 0 Å². The average Bonchev–Trinajstić information content (AvgIpc) is 2.41. The number of carbonyl (C=O) groups is 2. The van der Waals surface area contributed by atoms with Gasteiger partial charge in [-0.15, -0.1) is 0 Å². The highest BCUT2D eigenvalue weighted by molar-refractivity contribution is 6.01. The van der Waals surface area contributed by atoms with Crippen LogP contribution in [0.5, 0.6) is 5.88 Å². The van der Waals surface area contributed by atoms with E-state index in [1.165, 1.54) is 13.3 Å². The number of nitrogens with zero attached hydrogens (tertiary/aromatic N) is 1. The number of methoxy groups -OCH3 is 2. The van der Waals surface area contributed by atoms with E-state index >= 15 is 0 Å². The number of fused-ring (bicyclic) bond motifs is 1. The molecule has 1 aliphatic carbocycles. The molecule has 1 aromatic rings. The third-order valence-electron chi connectivity index (χ3n) is 3.21. The Hall–Kier alpha value is -1.91. The number of ether oxygens (including phenoxy) is 2. The lowest BCUT2D eigenvalue weighted by atomic mass is 9.82. The summed E-state index contributed by atoms with van der Waals surface area (Å²) in [4.78, 5) is 27.4. The minimum atomic E-state index is -0.349. The molecular weight excluding hydrogens is 234 g/mol. The summed E-state index contributed by atoms with van der Waals surface area (Å²) in [5, 5.41) is 0. The molecule has 0 N–H and O–H groups in total. The van der Waals surface area contributed by atoms with Gasteiger partial charge in [-0.3, -0.25) is 9.59 Å². The highest BCUT2D eigenvalue weighted by Crippen LogP contribution is 2.29. The van der Waals surface area contributed by atoms with Gasteiger partial charge in [0.15, 0.2) is 5.78 Å². The van der Waals surface area contributed by atoms with Gasteiger partial charge in [-0.25, -0.2) is 4.98 Å². The Morgan fingerprint density at radius 2 is 2.28 bits per heavy atom.